The number of likely N-dealkylation sites (N-methyl/N-ethyl adjacent to an activating group) is 1. The first-order valence-electron chi connectivity index (χ1n) is 11.9. The summed E-state index contributed by atoms with van der Waals surface area (Å²) < 4.78 is 47.5. The van der Waals surface area contributed by atoms with E-state index >= 15 is 0 Å². The fourth-order valence-electron chi connectivity index (χ4n) is 3.78. The van der Waals surface area contributed by atoms with E-state index in [0.29, 0.717) is 17.9 Å². The molecule has 0 heterocycles. The molecule has 1 atom stereocenters. The first-order chi connectivity index (χ1) is 18.5. The third-order valence-corrected chi connectivity index (χ3v) is 8.42. The van der Waals surface area contributed by atoms with Crippen molar-refractivity contribution in [2.75, 3.05) is 24.5 Å². The number of sulfonamides is 1. The lowest BCUT2D eigenvalue weighted by Crippen LogP contribution is -2.50. The van der Waals surface area contributed by atoms with Crippen molar-refractivity contribution in [1.82, 2.24) is 10.2 Å². The summed E-state index contributed by atoms with van der Waals surface area (Å²) in [6, 6.07) is 14.2. The van der Waals surface area contributed by atoms with Crippen LogP contribution in [-0.4, -0.2) is 51.4 Å². The van der Waals surface area contributed by atoms with E-state index in [2.05, 4.69) is 5.32 Å². The zero-order valence-corrected chi connectivity index (χ0v) is 23.9. The Bertz CT molecular complexity index is 1400. The molecule has 8 nitrogen and oxygen atoms in total. The Morgan fingerprint density at radius 2 is 1.59 bits per heavy atom. The smallest absolute Gasteiger partial charge is 0.264 e. The maximum atomic E-state index is 13.8. The molecule has 0 aromatic heterocycles. The maximum absolute atomic E-state index is 13.8. The second kappa shape index (κ2) is 13.1. The van der Waals surface area contributed by atoms with E-state index in [1.165, 1.54) is 55.3 Å². The SMILES string of the molecule is CCOc1ccc(S(=O)(=O)N(CC(=O)N(Cc2c(Cl)cccc2Cl)[C@@H](C)C(=O)NC)c2ccc(F)cc2)cc1. The number of halogens is 3. The third-order valence-electron chi connectivity index (χ3n) is 5.92. The van der Waals surface area contributed by atoms with Crippen LogP contribution in [0.3, 0.4) is 0 Å². The van der Waals surface area contributed by atoms with E-state index in [0.717, 1.165) is 16.4 Å². The second-order valence-corrected chi connectivity index (χ2v) is 11.1. The lowest BCUT2D eigenvalue weighted by Gasteiger charge is -2.32. The van der Waals surface area contributed by atoms with Crippen molar-refractivity contribution in [3.8, 4) is 5.75 Å². The van der Waals surface area contributed by atoms with Gasteiger partial charge < -0.3 is 15.0 Å². The summed E-state index contributed by atoms with van der Waals surface area (Å²) in [4.78, 5) is 27.4. The van der Waals surface area contributed by atoms with Crippen LogP contribution in [0, 0.1) is 5.82 Å². The van der Waals surface area contributed by atoms with Crippen LogP contribution in [0.15, 0.2) is 71.6 Å². The van der Waals surface area contributed by atoms with Gasteiger partial charge in [0.05, 0.1) is 17.2 Å². The molecule has 0 aliphatic rings. The van der Waals surface area contributed by atoms with Crippen molar-refractivity contribution in [2.45, 2.75) is 31.3 Å². The molecule has 1 N–H and O–H groups in total. The van der Waals surface area contributed by atoms with Crippen LogP contribution in [0.5, 0.6) is 5.75 Å². The molecule has 12 heteroatoms. The minimum atomic E-state index is -4.31. The molecular weight excluding hydrogens is 568 g/mol. The molecule has 39 heavy (non-hydrogen) atoms. The Balaban J connectivity index is 2.05. The van der Waals surface area contributed by atoms with Gasteiger partial charge in [0, 0.05) is 29.2 Å². The molecule has 0 saturated carbocycles. The van der Waals surface area contributed by atoms with Crippen LogP contribution in [-0.2, 0) is 26.2 Å². The van der Waals surface area contributed by atoms with Gasteiger partial charge in [0.2, 0.25) is 11.8 Å². The standard InChI is InChI=1S/C27H28Cl2FN3O5S/c1-4-38-21-12-14-22(15-13-21)39(36,37)33(20-10-8-19(30)9-11-20)17-26(34)32(18(2)27(35)31-3)16-23-24(28)6-5-7-25(23)29/h5-15,18H,4,16-17H2,1-3H3,(H,31,35)/t18-/m0/s1. The van der Waals surface area contributed by atoms with Gasteiger partial charge in [-0.25, -0.2) is 12.8 Å². The molecule has 0 saturated heterocycles. The Morgan fingerprint density at radius 1 is 1.00 bits per heavy atom. The van der Waals surface area contributed by atoms with Crippen LogP contribution >= 0.6 is 23.2 Å². The third kappa shape index (κ3) is 7.20. The van der Waals surface area contributed by atoms with Crippen molar-refractivity contribution in [2.24, 2.45) is 0 Å². The summed E-state index contributed by atoms with van der Waals surface area (Å²) >= 11 is 12.7. The largest absolute Gasteiger partial charge is 0.494 e. The zero-order chi connectivity index (χ0) is 28.7. The highest BCUT2D eigenvalue weighted by molar-refractivity contribution is 7.92. The highest BCUT2D eigenvalue weighted by atomic mass is 35.5. The van der Waals surface area contributed by atoms with Crippen molar-refractivity contribution >= 4 is 50.7 Å². The number of carbonyl (C=O) groups is 2. The average molecular weight is 597 g/mol. The van der Waals surface area contributed by atoms with Gasteiger partial charge >= 0.3 is 0 Å². The number of anilines is 1. The van der Waals surface area contributed by atoms with Crippen molar-refractivity contribution in [3.63, 3.8) is 0 Å². The fraction of sp³-hybridized carbons (Fsp3) is 0.259. The number of ether oxygens (including phenoxy) is 1. The predicted octanol–water partition coefficient (Wildman–Crippen LogP) is 4.89. The van der Waals surface area contributed by atoms with Gasteiger partial charge in [0.1, 0.15) is 24.2 Å². The molecule has 0 aliphatic carbocycles. The van der Waals surface area contributed by atoms with E-state index in [1.54, 1.807) is 25.1 Å². The van der Waals surface area contributed by atoms with Gasteiger partial charge in [-0.05, 0) is 74.5 Å². The second-order valence-electron chi connectivity index (χ2n) is 8.40. The number of amides is 2. The summed E-state index contributed by atoms with van der Waals surface area (Å²) in [6.45, 7) is 2.85. The quantitative estimate of drug-likeness (QED) is 0.340. The molecule has 3 rings (SSSR count). The molecule has 0 spiro atoms. The van der Waals surface area contributed by atoms with Crippen LogP contribution in [0.2, 0.25) is 10.0 Å². The van der Waals surface area contributed by atoms with E-state index in [9.17, 15) is 22.4 Å². The number of carbonyl (C=O) groups excluding carboxylic acids is 2. The van der Waals surface area contributed by atoms with E-state index in [-0.39, 0.29) is 27.2 Å². The maximum Gasteiger partial charge on any atom is 0.264 e. The molecule has 2 amide bonds. The van der Waals surface area contributed by atoms with Gasteiger partial charge in [-0.1, -0.05) is 29.3 Å². The number of hydrogen-bond acceptors (Lipinski definition) is 5. The molecule has 0 bridgehead atoms. The van der Waals surface area contributed by atoms with Crippen LogP contribution in [0.1, 0.15) is 19.4 Å². The lowest BCUT2D eigenvalue weighted by atomic mass is 10.1. The Labute approximate surface area is 237 Å². The summed E-state index contributed by atoms with van der Waals surface area (Å²) in [5, 5.41) is 3.05. The number of hydrogen-bond donors (Lipinski definition) is 1. The minimum absolute atomic E-state index is 0.0574. The first kappa shape index (κ1) is 30.2. The molecule has 3 aromatic rings. The number of nitrogens with zero attached hydrogens (tertiary/aromatic N) is 2. The monoisotopic (exact) mass is 595 g/mol. The van der Waals surface area contributed by atoms with Crippen LogP contribution in [0.4, 0.5) is 10.1 Å². The average Bonchev–Trinajstić information content (AvgIpc) is 2.91. The molecular formula is C27H28Cl2FN3O5S. The summed E-state index contributed by atoms with van der Waals surface area (Å²) in [6.07, 6.45) is 0. The molecule has 208 valence electrons. The zero-order valence-electron chi connectivity index (χ0n) is 21.5. The summed E-state index contributed by atoms with van der Waals surface area (Å²) in [7, 11) is -2.89. The van der Waals surface area contributed by atoms with Gasteiger partial charge in [0.15, 0.2) is 0 Å². The lowest BCUT2D eigenvalue weighted by molar-refractivity contribution is -0.139. The molecule has 0 unspecified atom stereocenters. The minimum Gasteiger partial charge on any atom is -0.494 e. The van der Waals surface area contributed by atoms with Crippen molar-refractivity contribution < 1.29 is 27.1 Å². The normalized spacial score (nSPS) is 11.9. The van der Waals surface area contributed by atoms with E-state index in [4.69, 9.17) is 27.9 Å². The van der Waals surface area contributed by atoms with E-state index < -0.39 is 40.2 Å². The Kier molecular flexibility index (Phi) is 10.2. The van der Waals surface area contributed by atoms with Gasteiger partial charge in [-0.15, -0.1) is 0 Å². The van der Waals surface area contributed by atoms with Crippen LogP contribution < -0.4 is 14.4 Å². The topological polar surface area (TPSA) is 96.0 Å². The number of benzene rings is 3. The Morgan fingerprint density at radius 3 is 2.13 bits per heavy atom. The summed E-state index contributed by atoms with van der Waals surface area (Å²) in [5.41, 5.74) is 0.453. The number of nitrogens with one attached hydrogen (secondary N) is 1. The highest BCUT2D eigenvalue weighted by Gasteiger charge is 2.33. The Hall–Kier alpha value is -3.34. The first-order valence-corrected chi connectivity index (χ1v) is 14.1. The molecule has 3 aromatic carbocycles. The molecule has 0 aliphatic heterocycles. The molecule has 0 fully saturated rings. The molecule has 0 radical (unpaired) electrons. The van der Waals surface area contributed by atoms with Crippen LogP contribution in [0.25, 0.3) is 0 Å². The number of rotatable bonds is 11. The van der Waals surface area contributed by atoms with Crippen molar-refractivity contribution in [3.05, 3.63) is 88.2 Å². The van der Waals surface area contributed by atoms with Gasteiger partial charge in [-0.2, -0.15) is 0 Å². The predicted molar refractivity (Wildman–Crippen MR) is 149 cm³/mol. The highest BCUT2D eigenvalue weighted by Crippen LogP contribution is 2.29. The summed E-state index contributed by atoms with van der Waals surface area (Å²) in [5.74, 6) is -1.29. The van der Waals surface area contributed by atoms with Crippen molar-refractivity contribution in [1.29, 1.82) is 0 Å². The van der Waals surface area contributed by atoms with Gasteiger partial charge in [-0.3, -0.25) is 13.9 Å². The van der Waals surface area contributed by atoms with Gasteiger partial charge in [0.25, 0.3) is 10.0 Å². The van der Waals surface area contributed by atoms with E-state index in [1.807, 2.05) is 0 Å². The fourth-order valence-corrected chi connectivity index (χ4v) is 5.71.